The summed E-state index contributed by atoms with van der Waals surface area (Å²) in [5.41, 5.74) is 4.94. The van der Waals surface area contributed by atoms with Gasteiger partial charge in [0.1, 0.15) is 0 Å². The van der Waals surface area contributed by atoms with E-state index in [2.05, 4.69) is 11.4 Å². The number of hydrogen-bond donors (Lipinski definition) is 1. The number of amides is 2. The van der Waals surface area contributed by atoms with Crippen molar-refractivity contribution >= 4 is 23.2 Å². The molecule has 4 nitrogen and oxygen atoms in total. The van der Waals surface area contributed by atoms with Crippen LogP contribution in [0.25, 0.3) is 0 Å². The first-order chi connectivity index (χ1) is 11.5. The molecule has 1 aliphatic rings. The molecule has 0 spiro atoms. The largest absolute Gasteiger partial charge is 0.326 e. The van der Waals surface area contributed by atoms with Gasteiger partial charge in [-0.2, -0.15) is 0 Å². The molecule has 0 aliphatic carbocycles. The molecule has 0 unspecified atom stereocenters. The quantitative estimate of drug-likeness (QED) is 0.938. The van der Waals surface area contributed by atoms with Gasteiger partial charge in [-0.25, -0.2) is 0 Å². The summed E-state index contributed by atoms with van der Waals surface area (Å²) in [7, 11) is 0. The van der Waals surface area contributed by atoms with Crippen molar-refractivity contribution in [1.29, 1.82) is 0 Å². The lowest BCUT2D eigenvalue weighted by molar-refractivity contribution is -0.122. The molecule has 124 valence electrons. The Morgan fingerprint density at radius 2 is 1.83 bits per heavy atom. The lowest BCUT2D eigenvalue weighted by Gasteiger charge is -2.19. The molecular weight excluding hydrogens is 300 g/mol. The second-order valence-electron chi connectivity index (χ2n) is 6.50. The number of carbonyl (C=O) groups is 2. The number of nitrogens with zero attached hydrogens (tertiary/aromatic N) is 1. The van der Waals surface area contributed by atoms with Crippen LogP contribution in [0.2, 0.25) is 0 Å². The second kappa shape index (κ2) is 6.48. The zero-order chi connectivity index (χ0) is 17.3. The van der Waals surface area contributed by atoms with E-state index in [4.69, 9.17) is 0 Å². The molecule has 1 atom stereocenters. The summed E-state index contributed by atoms with van der Waals surface area (Å²) >= 11 is 0. The van der Waals surface area contributed by atoms with Crippen molar-refractivity contribution in [3.63, 3.8) is 0 Å². The fourth-order valence-corrected chi connectivity index (χ4v) is 3.17. The number of para-hydroxylation sites is 1. The van der Waals surface area contributed by atoms with Crippen LogP contribution in [0.1, 0.15) is 23.1 Å². The molecule has 1 fully saturated rings. The Kier molecular flexibility index (Phi) is 4.38. The van der Waals surface area contributed by atoms with Gasteiger partial charge < -0.3 is 10.2 Å². The van der Waals surface area contributed by atoms with E-state index < -0.39 is 0 Å². The fourth-order valence-electron chi connectivity index (χ4n) is 3.17. The third kappa shape index (κ3) is 3.18. The van der Waals surface area contributed by atoms with Gasteiger partial charge in [-0.05, 0) is 44.0 Å². The highest BCUT2D eigenvalue weighted by Crippen LogP contribution is 2.29. The number of hydrogen-bond acceptors (Lipinski definition) is 2. The Morgan fingerprint density at radius 1 is 1.08 bits per heavy atom. The van der Waals surface area contributed by atoms with Crippen LogP contribution in [0.5, 0.6) is 0 Å². The third-order valence-electron chi connectivity index (χ3n) is 4.54. The first-order valence-electron chi connectivity index (χ1n) is 8.20. The molecule has 2 amide bonds. The van der Waals surface area contributed by atoms with Crippen LogP contribution in [0.4, 0.5) is 11.4 Å². The Balaban J connectivity index is 1.74. The summed E-state index contributed by atoms with van der Waals surface area (Å²) in [4.78, 5) is 26.7. The van der Waals surface area contributed by atoms with Gasteiger partial charge in [-0.3, -0.25) is 9.59 Å². The predicted octanol–water partition coefficient (Wildman–Crippen LogP) is 3.60. The maximum absolute atomic E-state index is 12.5. The van der Waals surface area contributed by atoms with Crippen molar-refractivity contribution in [2.75, 3.05) is 16.8 Å². The fraction of sp³-hybridized carbons (Fsp3) is 0.300. The molecule has 0 aromatic heterocycles. The molecule has 4 heteroatoms. The summed E-state index contributed by atoms with van der Waals surface area (Å²) in [6.07, 6.45) is 0.255. The third-order valence-corrected chi connectivity index (χ3v) is 4.54. The minimum atomic E-state index is -0.321. The molecule has 3 rings (SSSR count). The van der Waals surface area contributed by atoms with Crippen LogP contribution in [-0.2, 0) is 9.59 Å². The number of aryl methyl sites for hydroxylation is 3. The maximum Gasteiger partial charge on any atom is 0.229 e. The van der Waals surface area contributed by atoms with Crippen LogP contribution in [-0.4, -0.2) is 18.4 Å². The van der Waals surface area contributed by atoms with Gasteiger partial charge in [0.2, 0.25) is 11.8 Å². The smallest absolute Gasteiger partial charge is 0.229 e. The highest BCUT2D eigenvalue weighted by atomic mass is 16.2. The van der Waals surface area contributed by atoms with Gasteiger partial charge in [0.05, 0.1) is 5.92 Å². The topological polar surface area (TPSA) is 49.4 Å². The van der Waals surface area contributed by atoms with Crippen LogP contribution in [0.3, 0.4) is 0 Å². The standard InChI is InChI=1S/C20H22N2O2/c1-13-8-9-18(15(3)10-13)22-12-16(11-19(22)23)20(24)21-17-7-5-4-6-14(17)2/h4-10,16H,11-12H2,1-3H3,(H,21,24)/t16-/m1/s1. The molecule has 24 heavy (non-hydrogen) atoms. The van der Waals surface area contributed by atoms with Crippen molar-refractivity contribution < 1.29 is 9.59 Å². The molecule has 2 aromatic carbocycles. The predicted molar refractivity (Wildman–Crippen MR) is 96.2 cm³/mol. The first-order valence-corrected chi connectivity index (χ1v) is 8.20. The number of benzene rings is 2. The zero-order valence-electron chi connectivity index (χ0n) is 14.3. The van der Waals surface area contributed by atoms with Crippen molar-refractivity contribution in [2.45, 2.75) is 27.2 Å². The van der Waals surface area contributed by atoms with Crippen LogP contribution in [0, 0.1) is 26.7 Å². The van der Waals surface area contributed by atoms with E-state index in [9.17, 15) is 9.59 Å². The highest BCUT2D eigenvalue weighted by molar-refractivity contribution is 6.04. The zero-order valence-corrected chi connectivity index (χ0v) is 14.3. The van der Waals surface area contributed by atoms with Crippen molar-refractivity contribution in [3.05, 3.63) is 59.2 Å². The number of nitrogens with one attached hydrogen (secondary N) is 1. The van der Waals surface area contributed by atoms with Gasteiger partial charge in [0.25, 0.3) is 0 Å². The molecule has 0 bridgehead atoms. The Morgan fingerprint density at radius 3 is 2.54 bits per heavy atom. The van der Waals surface area contributed by atoms with Crippen LogP contribution in [0.15, 0.2) is 42.5 Å². The SMILES string of the molecule is Cc1ccc(N2C[C@H](C(=O)Nc3ccccc3C)CC2=O)c(C)c1. The van der Waals surface area contributed by atoms with Gasteiger partial charge in [-0.15, -0.1) is 0 Å². The van der Waals surface area contributed by atoms with E-state index in [-0.39, 0.29) is 24.2 Å². The summed E-state index contributed by atoms with van der Waals surface area (Å²) in [6.45, 7) is 6.41. The highest BCUT2D eigenvalue weighted by Gasteiger charge is 2.35. The minimum absolute atomic E-state index is 0.00638. The van der Waals surface area contributed by atoms with E-state index in [1.165, 1.54) is 0 Å². The maximum atomic E-state index is 12.5. The monoisotopic (exact) mass is 322 g/mol. The van der Waals surface area contributed by atoms with Crippen molar-refractivity contribution in [2.24, 2.45) is 5.92 Å². The van der Waals surface area contributed by atoms with E-state index in [1.54, 1.807) is 4.90 Å². The number of anilines is 2. The van der Waals surface area contributed by atoms with E-state index >= 15 is 0 Å². The summed E-state index contributed by atoms with van der Waals surface area (Å²) < 4.78 is 0. The molecule has 0 saturated carbocycles. The van der Waals surface area contributed by atoms with Gasteiger partial charge >= 0.3 is 0 Å². The summed E-state index contributed by atoms with van der Waals surface area (Å²) in [6, 6.07) is 13.7. The minimum Gasteiger partial charge on any atom is -0.326 e. The van der Waals surface area contributed by atoms with E-state index in [1.807, 2.05) is 57.2 Å². The van der Waals surface area contributed by atoms with Crippen molar-refractivity contribution in [3.8, 4) is 0 Å². The lowest BCUT2D eigenvalue weighted by atomic mass is 10.1. The molecule has 1 N–H and O–H groups in total. The number of carbonyl (C=O) groups excluding carboxylic acids is 2. The van der Waals surface area contributed by atoms with Crippen LogP contribution >= 0.6 is 0 Å². The molecule has 1 saturated heterocycles. The molecule has 1 heterocycles. The average molecular weight is 322 g/mol. The van der Waals surface area contributed by atoms with Gasteiger partial charge in [0, 0.05) is 24.3 Å². The van der Waals surface area contributed by atoms with Crippen LogP contribution < -0.4 is 10.2 Å². The summed E-state index contributed by atoms with van der Waals surface area (Å²) in [5, 5.41) is 2.95. The normalized spacial score (nSPS) is 17.2. The Bertz CT molecular complexity index is 798. The molecule has 2 aromatic rings. The van der Waals surface area contributed by atoms with E-state index in [0.717, 1.165) is 28.1 Å². The van der Waals surface area contributed by atoms with Gasteiger partial charge in [-0.1, -0.05) is 35.9 Å². The Labute approximate surface area is 142 Å². The van der Waals surface area contributed by atoms with Crippen molar-refractivity contribution in [1.82, 2.24) is 0 Å². The number of rotatable bonds is 3. The summed E-state index contributed by atoms with van der Waals surface area (Å²) in [5.74, 6) is -0.408. The first kappa shape index (κ1) is 16.2. The average Bonchev–Trinajstić information content (AvgIpc) is 2.91. The second-order valence-corrected chi connectivity index (χ2v) is 6.50. The molecular formula is C20H22N2O2. The van der Waals surface area contributed by atoms with Gasteiger partial charge in [0.15, 0.2) is 0 Å². The van der Waals surface area contributed by atoms with E-state index in [0.29, 0.717) is 6.54 Å². The Hall–Kier alpha value is -2.62. The lowest BCUT2D eigenvalue weighted by Crippen LogP contribution is -2.28. The molecule has 1 aliphatic heterocycles. The molecule has 0 radical (unpaired) electrons.